The average molecular weight is 359 g/mol. The van der Waals surface area contributed by atoms with E-state index in [-0.39, 0.29) is 11.8 Å². The van der Waals surface area contributed by atoms with Crippen LogP contribution in [0.3, 0.4) is 0 Å². The van der Waals surface area contributed by atoms with Crippen LogP contribution in [0.5, 0.6) is 5.88 Å². The summed E-state index contributed by atoms with van der Waals surface area (Å²) in [6, 6.07) is 2.17. The maximum atomic E-state index is 13.9. The van der Waals surface area contributed by atoms with Crippen molar-refractivity contribution in [2.75, 3.05) is 25.0 Å². The molecule has 0 aliphatic carbocycles. The Morgan fingerprint density at radius 2 is 2.19 bits per heavy atom. The number of hydrogen-bond donors (Lipinski definition) is 2. The first-order valence-electron chi connectivity index (χ1n) is 8.57. The minimum atomic E-state index is -0.771. The van der Waals surface area contributed by atoms with E-state index in [2.05, 4.69) is 31.8 Å². The van der Waals surface area contributed by atoms with E-state index < -0.39 is 11.4 Å². The molecule has 0 unspecified atom stereocenters. The van der Waals surface area contributed by atoms with Crippen molar-refractivity contribution in [1.82, 2.24) is 25.1 Å². The smallest absolute Gasteiger partial charge is 0.255 e. The molecule has 0 atom stereocenters. The van der Waals surface area contributed by atoms with Crippen LogP contribution < -0.4 is 15.4 Å². The molecule has 0 spiro atoms. The molecule has 0 bridgehead atoms. The molecule has 0 saturated carbocycles. The van der Waals surface area contributed by atoms with Gasteiger partial charge in [-0.15, -0.1) is 0 Å². The first kappa shape index (κ1) is 18.1. The van der Waals surface area contributed by atoms with Gasteiger partial charge >= 0.3 is 0 Å². The first-order chi connectivity index (χ1) is 12.5. The highest BCUT2D eigenvalue weighted by molar-refractivity contribution is 5.50. The third-order valence-corrected chi connectivity index (χ3v) is 4.31. The van der Waals surface area contributed by atoms with Gasteiger partial charge in [0.1, 0.15) is 5.54 Å². The van der Waals surface area contributed by atoms with Gasteiger partial charge in [0.2, 0.25) is 11.8 Å². The number of halogens is 1. The Kier molecular flexibility index (Phi) is 5.32. The molecular formula is C17H22FN7O. The number of anilines is 2. The molecule has 2 aromatic rings. The molecule has 8 nitrogen and oxygen atoms in total. The summed E-state index contributed by atoms with van der Waals surface area (Å²) in [6.45, 7) is 5.85. The fourth-order valence-corrected chi connectivity index (χ4v) is 2.63. The number of nitrogens with one attached hydrogen (secondary N) is 2. The van der Waals surface area contributed by atoms with E-state index in [0.717, 1.165) is 32.1 Å². The summed E-state index contributed by atoms with van der Waals surface area (Å²) >= 11 is 0. The fourth-order valence-electron chi connectivity index (χ4n) is 2.63. The van der Waals surface area contributed by atoms with Crippen LogP contribution in [0.15, 0.2) is 18.6 Å². The Bertz CT molecular complexity index is 793. The second-order valence-corrected chi connectivity index (χ2v) is 6.82. The van der Waals surface area contributed by atoms with E-state index in [1.165, 1.54) is 4.68 Å². The second kappa shape index (κ2) is 7.66. The molecule has 0 amide bonds. The number of rotatable bonds is 6. The lowest BCUT2D eigenvalue weighted by Crippen LogP contribution is -2.30. The van der Waals surface area contributed by atoms with Crippen LogP contribution in [0.1, 0.15) is 26.7 Å². The molecule has 3 rings (SSSR count). The van der Waals surface area contributed by atoms with Crippen molar-refractivity contribution in [1.29, 1.82) is 5.26 Å². The maximum Gasteiger partial charge on any atom is 0.255 e. The number of piperidine rings is 1. The van der Waals surface area contributed by atoms with Gasteiger partial charge in [0.25, 0.3) is 5.88 Å². The normalized spacial score (nSPS) is 15.5. The van der Waals surface area contributed by atoms with Crippen molar-refractivity contribution in [3.05, 3.63) is 24.4 Å². The quantitative estimate of drug-likeness (QED) is 0.815. The predicted molar refractivity (Wildman–Crippen MR) is 93.5 cm³/mol. The van der Waals surface area contributed by atoms with E-state index >= 15 is 0 Å². The third-order valence-electron chi connectivity index (χ3n) is 4.31. The molecule has 0 aromatic carbocycles. The van der Waals surface area contributed by atoms with Crippen LogP contribution in [0.4, 0.5) is 16.0 Å². The van der Waals surface area contributed by atoms with Crippen LogP contribution in [-0.2, 0) is 5.54 Å². The van der Waals surface area contributed by atoms with Crippen molar-refractivity contribution >= 4 is 11.6 Å². The summed E-state index contributed by atoms with van der Waals surface area (Å²) in [7, 11) is 0. The van der Waals surface area contributed by atoms with Gasteiger partial charge in [0.15, 0.2) is 0 Å². The lowest BCUT2D eigenvalue weighted by atomic mass is 9.99. The fraction of sp³-hybridized carbons (Fsp3) is 0.529. The summed E-state index contributed by atoms with van der Waals surface area (Å²) < 4.78 is 21.0. The van der Waals surface area contributed by atoms with Crippen molar-refractivity contribution < 1.29 is 9.13 Å². The van der Waals surface area contributed by atoms with Gasteiger partial charge in [-0.3, -0.25) is 4.68 Å². The number of nitriles is 1. The average Bonchev–Trinajstić information content (AvgIpc) is 3.12. The standard InChI is InChI=1S/C17H22FN7O/c1-17(2,11-19)25-9-13(7-22-25)23-16-21-8-14(18)15(24-16)26-10-12-3-5-20-6-4-12/h7-9,12,20H,3-6,10H2,1-2H3,(H,21,23,24). The minimum absolute atomic E-state index is 0.0641. The van der Waals surface area contributed by atoms with Crippen LogP contribution in [0.2, 0.25) is 0 Å². The van der Waals surface area contributed by atoms with Gasteiger partial charge in [-0.25, -0.2) is 4.98 Å². The molecule has 138 valence electrons. The van der Waals surface area contributed by atoms with Crippen LogP contribution in [0.25, 0.3) is 0 Å². The molecular weight excluding hydrogens is 337 g/mol. The molecule has 0 radical (unpaired) electrons. The molecule has 1 aliphatic heterocycles. The number of hydrogen-bond acceptors (Lipinski definition) is 7. The molecule has 1 aliphatic rings. The van der Waals surface area contributed by atoms with Crippen molar-refractivity contribution in [2.24, 2.45) is 5.92 Å². The van der Waals surface area contributed by atoms with Crippen molar-refractivity contribution in [2.45, 2.75) is 32.2 Å². The van der Waals surface area contributed by atoms with Gasteiger partial charge in [-0.2, -0.15) is 19.7 Å². The van der Waals surface area contributed by atoms with Gasteiger partial charge in [0, 0.05) is 0 Å². The summed E-state index contributed by atoms with van der Waals surface area (Å²) in [4.78, 5) is 8.04. The van der Waals surface area contributed by atoms with Gasteiger partial charge < -0.3 is 15.4 Å². The van der Waals surface area contributed by atoms with Gasteiger partial charge in [-0.1, -0.05) is 0 Å². The Morgan fingerprint density at radius 1 is 1.42 bits per heavy atom. The molecule has 2 N–H and O–H groups in total. The maximum absolute atomic E-state index is 13.9. The summed E-state index contributed by atoms with van der Waals surface area (Å²) in [5.74, 6) is -0.0499. The highest BCUT2D eigenvalue weighted by Crippen LogP contribution is 2.21. The first-order valence-corrected chi connectivity index (χ1v) is 8.57. The lowest BCUT2D eigenvalue weighted by Gasteiger charge is -2.22. The lowest BCUT2D eigenvalue weighted by molar-refractivity contribution is 0.201. The largest absolute Gasteiger partial charge is 0.475 e. The van der Waals surface area contributed by atoms with E-state index in [1.807, 2.05) is 0 Å². The topological polar surface area (TPSA) is 101 Å². The van der Waals surface area contributed by atoms with E-state index in [4.69, 9.17) is 10.00 Å². The summed E-state index contributed by atoms with van der Waals surface area (Å²) in [5, 5.41) is 19.6. The minimum Gasteiger partial charge on any atom is -0.475 e. The van der Waals surface area contributed by atoms with Gasteiger partial charge in [-0.05, 0) is 45.7 Å². The molecule has 2 aromatic heterocycles. The zero-order chi connectivity index (χ0) is 18.6. The van der Waals surface area contributed by atoms with Gasteiger partial charge in [0.05, 0.1) is 37.0 Å². The molecule has 1 saturated heterocycles. The van der Waals surface area contributed by atoms with Crippen molar-refractivity contribution in [3.63, 3.8) is 0 Å². The zero-order valence-electron chi connectivity index (χ0n) is 14.9. The predicted octanol–water partition coefficient (Wildman–Crippen LogP) is 2.19. The summed E-state index contributed by atoms with van der Waals surface area (Å²) in [5.41, 5.74) is -0.170. The zero-order valence-corrected chi connectivity index (χ0v) is 14.9. The Balaban J connectivity index is 1.66. The Morgan fingerprint density at radius 3 is 2.92 bits per heavy atom. The Hall–Kier alpha value is -2.73. The van der Waals surface area contributed by atoms with E-state index in [9.17, 15) is 4.39 Å². The van der Waals surface area contributed by atoms with E-state index in [1.54, 1.807) is 26.2 Å². The third kappa shape index (κ3) is 4.26. The Labute approximate surface area is 151 Å². The number of ether oxygens (including phenoxy) is 1. The SMILES string of the molecule is CC(C)(C#N)n1cc(Nc2ncc(F)c(OCC3CCNCC3)n2)cn1. The highest BCUT2D eigenvalue weighted by atomic mass is 19.1. The highest BCUT2D eigenvalue weighted by Gasteiger charge is 2.20. The number of aromatic nitrogens is 4. The van der Waals surface area contributed by atoms with Crippen LogP contribution in [-0.4, -0.2) is 39.4 Å². The van der Waals surface area contributed by atoms with Crippen molar-refractivity contribution in [3.8, 4) is 11.9 Å². The monoisotopic (exact) mass is 359 g/mol. The number of nitrogens with zero attached hydrogens (tertiary/aromatic N) is 5. The second-order valence-electron chi connectivity index (χ2n) is 6.82. The summed E-state index contributed by atoms with van der Waals surface area (Å²) in [6.07, 6.45) is 6.32. The van der Waals surface area contributed by atoms with Crippen LogP contribution in [0, 0.1) is 23.1 Å². The molecule has 26 heavy (non-hydrogen) atoms. The molecule has 1 fully saturated rings. The molecule has 3 heterocycles. The molecule has 9 heteroatoms. The van der Waals surface area contributed by atoms with Crippen LogP contribution >= 0.6 is 0 Å². The van der Waals surface area contributed by atoms with E-state index in [0.29, 0.717) is 18.2 Å².